The Hall–Kier alpha value is -1.26. The highest BCUT2D eigenvalue weighted by atomic mass is 16.6. The van der Waals surface area contributed by atoms with Crippen LogP contribution in [0.25, 0.3) is 0 Å². The van der Waals surface area contributed by atoms with E-state index in [1.807, 2.05) is 20.8 Å². The van der Waals surface area contributed by atoms with Crippen LogP contribution in [-0.2, 0) is 9.53 Å². The lowest BCUT2D eigenvalue weighted by Gasteiger charge is -2.25. The number of carbonyl (C=O) groups is 2. The number of hydrogen-bond acceptors (Lipinski definition) is 3. The van der Waals surface area contributed by atoms with Crippen molar-refractivity contribution < 1.29 is 14.3 Å². The van der Waals surface area contributed by atoms with E-state index >= 15 is 0 Å². The maximum atomic E-state index is 11.7. The first-order valence-corrected chi connectivity index (χ1v) is 5.52. The van der Waals surface area contributed by atoms with Gasteiger partial charge in [0.25, 0.3) is 0 Å². The zero-order chi connectivity index (χ0) is 12.1. The summed E-state index contributed by atoms with van der Waals surface area (Å²) in [5.41, 5.74) is 4.40. The fourth-order valence-electron chi connectivity index (χ4n) is 2.33. The Morgan fingerprint density at radius 3 is 2.50 bits per heavy atom. The number of amides is 2. The number of ether oxygens (including phenoxy) is 1. The molecule has 2 rings (SSSR count). The Morgan fingerprint density at radius 1 is 1.44 bits per heavy atom. The van der Waals surface area contributed by atoms with Crippen molar-refractivity contribution in [2.75, 3.05) is 13.1 Å². The highest BCUT2D eigenvalue weighted by Gasteiger charge is 2.65. The molecule has 0 spiro atoms. The lowest BCUT2D eigenvalue weighted by molar-refractivity contribution is -0.123. The molecule has 1 heterocycles. The summed E-state index contributed by atoms with van der Waals surface area (Å²) in [5.74, 6) is -0.0407. The number of carbonyl (C=O) groups excluding carboxylic acids is 2. The molecular weight excluding hydrogens is 208 g/mol. The van der Waals surface area contributed by atoms with Crippen molar-refractivity contribution in [1.29, 1.82) is 0 Å². The smallest absolute Gasteiger partial charge is 0.410 e. The van der Waals surface area contributed by atoms with Crippen LogP contribution in [0.4, 0.5) is 4.79 Å². The van der Waals surface area contributed by atoms with Gasteiger partial charge >= 0.3 is 6.09 Å². The third-order valence-corrected chi connectivity index (χ3v) is 3.29. The molecule has 1 aliphatic carbocycles. The van der Waals surface area contributed by atoms with Crippen molar-refractivity contribution in [2.45, 2.75) is 32.8 Å². The predicted molar refractivity (Wildman–Crippen MR) is 57.5 cm³/mol. The molecule has 0 aromatic heterocycles. The highest BCUT2D eigenvalue weighted by Crippen LogP contribution is 2.57. The van der Waals surface area contributed by atoms with Crippen LogP contribution in [0.15, 0.2) is 0 Å². The molecule has 0 bridgehead atoms. The average Bonchev–Trinajstić information content (AvgIpc) is 2.67. The van der Waals surface area contributed by atoms with E-state index in [0.717, 1.165) is 6.42 Å². The van der Waals surface area contributed by atoms with E-state index in [1.165, 1.54) is 0 Å². The Balaban J connectivity index is 1.96. The van der Waals surface area contributed by atoms with Gasteiger partial charge in [0.1, 0.15) is 5.60 Å². The molecule has 0 radical (unpaired) electrons. The van der Waals surface area contributed by atoms with Crippen molar-refractivity contribution in [2.24, 2.45) is 17.1 Å². The molecule has 5 nitrogen and oxygen atoms in total. The Kier molecular flexibility index (Phi) is 2.19. The van der Waals surface area contributed by atoms with Gasteiger partial charge in [0.05, 0.1) is 5.41 Å². The first-order valence-electron chi connectivity index (χ1n) is 5.52. The van der Waals surface area contributed by atoms with E-state index in [1.54, 1.807) is 4.90 Å². The van der Waals surface area contributed by atoms with Crippen LogP contribution in [0.2, 0.25) is 0 Å². The number of nitrogens with zero attached hydrogens (tertiary/aromatic N) is 1. The molecule has 0 aromatic rings. The summed E-state index contributed by atoms with van der Waals surface area (Å²) in [6, 6.07) is 0. The molecular formula is C11H18N2O3. The molecule has 2 amide bonds. The van der Waals surface area contributed by atoms with Gasteiger partial charge in [0.2, 0.25) is 5.91 Å². The fourth-order valence-corrected chi connectivity index (χ4v) is 2.33. The summed E-state index contributed by atoms with van der Waals surface area (Å²) in [6.07, 6.45) is 0.474. The van der Waals surface area contributed by atoms with Crippen molar-refractivity contribution in [3.8, 4) is 0 Å². The van der Waals surface area contributed by atoms with Crippen molar-refractivity contribution >= 4 is 12.0 Å². The Bertz CT molecular complexity index is 348. The predicted octanol–water partition coefficient (Wildman–Crippen LogP) is 0.729. The molecule has 0 aromatic carbocycles. The van der Waals surface area contributed by atoms with Gasteiger partial charge < -0.3 is 15.4 Å². The Morgan fingerprint density at radius 2 is 2.06 bits per heavy atom. The van der Waals surface area contributed by atoms with Crippen LogP contribution in [-0.4, -0.2) is 35.6 Å². The van der Waals surface area contributed by atoms with E-state index in [4.69, 9.17) is 10.5 Å². The first kappa shape index (κ1) is 11.2. The summed E-state index contributed by atoms with van der Waals surface area (Å²) in [5, 5.41) is 0. The molecule has 1 unspecified atom stereocenters. The van der Waals surface area contributed by atoms with E-state index in [9.17, 15) is 9.59 Å². The van der Waals surface area contributed by atoms with Gasteiger partial charge in [-0.3, -0.25) is 4.79 Å². The third kappa shape index (κ3) is 1.74. The maximum Gasteiger partial charge on any atom is 0.410 e. The second-order valence-electron chi connectivity index (χ2n) is 5.78. The molecule has 1 saturated heterocycles. The molecule has 5 heteroatoms. The lowest BCUT2D eigenvalue weighted by atomic mass is 10.1. The normalized spacial score (nSPS) is 32.2. The minimum absolute atomic E-state index is 0.248. The van der Waals surface area contributed by atoms with Gasteiger partial charge in [0, 0.05) is 13.1 Å². The topological polar surface area (TPSA) is 72.6 Å². The molecule has 2 aliphatic rings. The molecule has 2 N–H and O–H groups in total. The van der Waals surface area contributed by atoms with Crippen LogP contribution < -0.4 is 5.73 Å². The number of piperidine rings is 1. The van der Waals surface area contributed by atoms with Crippen molar-refractivity contribution in [3.05, 3.63) is 0 Å². The monoisotopic (exact) mass is 226 g/mol. The number of likely N-dealkylation sites (tertiary alicyclic amines) is 1. The standard InChI is InChI=1S/C11H18N2O3/c1-10(2,3)16-9(15)13-5-7-4-11(7,6-13)8(12)14/h7H,4-6H2,1-3H3,(H2,12,14)/t7?,11-/m1/s1. The summed E-state index contributed by atoms with van der Waals surface area (Å²) >= 11 is 0. The molecule has 16 heavy (non-hydrogen) atoms. The summed E-state index contributed by atoms with van der Waals surface area (Å²) in [7, 11) is 0. The zero-order valence-corrected chi connectivity index (χ0v) is 9.95. The molecule has 1 saturated carbocycles. The van der Waals surface area contributed by atoms with Crippen LogP contribution in [0.3, 0.4) is 0 Å². The minimum atomic E-state index is -0.496. The number of rotatable bonds is 1. The van der Waals surface area contributed by atoms with Gasteiger partial charge in [0.15, 0.2) is 0 Å². The molecule has 2 fully saturated rings. The third-order valence-electron chi connectivity index (χ3n) is 3.29. The van der Waals surface area contributed by atoms with Crippen LogP contribution in [0.5, 0.6) is 0 Å². The number of hydrogen-bond donors (Lipinski definition) is 1. The Labute approximate surface area is 94.9 Å². The second-order valence-corrected chi connectivity index (χ2v) is 5.78. The summed E-state index contributed by atoms with van der Waals surface area (Å²) in [4.78, 5) is 24.6. The SMILES string of the molecule is CC(C)(C)OC(=O)N1CC2C[C@@]2(C(N)=O)C1. The number of nitrogens with two attached hydrogens (primary N) is 1. The minimum Gasteiger partial charge on any atom is -0.444 e. The zero-order valence-electron chi connectivity index (χ0n) is 9.95. The summed E-state index contributed by atoms with van der Waals surface area (Å²) < 4.78 is 5.25. The molecule has 90 valence electrons. The van der Waals surface area contributed by atoms with Gasteiger partial charge in [-0.2, -0.15) is 0 Å². The first-order chi connectivity index (χ1) is 7.24. The largest absolute Gasteiger partial charge is 0.444 e. The number of primary amides is 1. The van der Waals surface area contributed by atoms with Crippen LogP contribution in [0, 0.1) is 11.3 Å². The van der Waals surface area contributed by atoms with Crippen LogP contribution >= 0.6 is 0 Å². The van der Waals surface area contributed by atoms with Gasteiger partial charge in [-0.1, -0.05) is 0 Å². The maximum absolute atomic E-state index is 11.7. The highest BCUT2D eigenvalue weighted by molar-refractivity contribution is 5.86. The van der Waals surface area contributed by atoms with Gasteiger partial charge in [-0.15, -0.1) is 0 Å². The van der Waals surface area contributed by atoms with Gasteiger partial charge in [-0.25, -0.2) is 4.79 Å². The van der Waals surface area contributed by atoms with Gasteiger partial charge in [-0.05, 0) is 33.1 Å². The average molecular weight is 226 g/mol. The van der Waals surface area contributed by atoms with Crippen molar-refractivity contribution in [3.63, 3.8) is 0 Å². The molecule has 1 aliphatic heterocycles. The fraction of sp³-hybridized carbons (Fsp3) is 0.818. The quantitative estimate of drug-likeness (QED) is 0.716. The van der Waals surface area contributed by atoms with E-state index in [0.29, 0.717) is 13.1 Å². The van der Waals surface area contributed by atoms with Crippen molar-refractivity contribution in [1.82, 2.24) is 4.90 Å². The lowest BCUT2D eigenvalue weighted by Crippen LogP contribution is -2.39. The number of fused-ring (bicyclic) bond motifs is 1. The molecule has 2 atom stereocenters. The second kappa shape index (κ2) is 3.12. The van der Waals surface area contributed by atoms with E-state index < -0.39 is 11.0 Å². The van der Waals surface area contributed by atoms with E-state index in [2.05, 4.69) is 0 Å². The van der Waals surface area contributed by atoms with Crippen LogP contribution in [0.1, 0.15) is 27.2 Å². The summed E-state index contributed by atoms with van der Waals surface area (Å²) in [6.45, 7) is 6.49. The van der Waals surface area contributed by atoms with E-state index in [-0.39, 0.29) is 17.9 Å².